The van der Waals surface area contributed by atoms with Crippen molar-refractivity contribution in [3.63, 3.8) is 0 Å². The van der Waals surface area contributed by atoms with Crippen molar-refractivity contribution in [1.29, 1.82) is 0 Å². The third kappa shape index (κ3) is 3.20. The van der Waals surface area contributed by atoms with Gasteiger partial charge in [0, 0.05) is 13.1 Å². The van der Waals surface area contributed by atoms with Gasteiger partial charge in [-0.25, -0.2) is 12.7 Å². The highest BCUT2D eigenvalue weighted by molar-refractivity contribution is 7.90. The lowest BCUT2D eigenvalue weighted by Gasteiger charge is -2.10. The molecule has 0 aliphatic carbocycles. The van der Waals surface area contributed by atoms with E-state index in [1.807, 2.05) is 0 Å². The minimum absolute atomic E-state index is 0. The van der Waals surface area contributed by atoms with E-state index >= 15 is 0 Å². The molecule has 2 aromatic carbocycles. The van der Waals surface area contributed by atoms with E-state index < -0.39 is 15.9 Å². The molecule has 28 heavy (non-hydrogen) atoms. The first kappa shape index (κ1) is 21.3. The van der Waals surface area contributed by atoms with Gasteiger partial charge in [-0.1, -0.05) is 31.7 Å². The molecule has 0 bridgehead atoms. The molecule has 2 aromatic rings. The summed E-state index contributed by atoms with van der Waals surface area (Å²) in [4.78, 5) is 36.0. The summed E-state index contributed by atoms with van der Waals surface area (Å²) < 4.78 is 24.3. The minimum Gasteiger partial charge on any atom is -0.275 e. The number of imide groups is 1. The predicted molar refractivity (Wildman–Crippen MR) is 105 cm³/mol. The van der Waals surface area contributed by atoms with Crippen LogP contribution in [0.2, 0.25) is 0 Å². The molecule has 148 valence electrons. The van der Waals surface area contributed by atoms with Crippen LogP contribution in [0.15, 0.2) is 53.4 Å². The highest BCUT2D eigenvalue weighted by Gasteiger charge is 2.39. The number of benzene rings is 2. The third-order valence-electron chi connectivity index (χ3n) is 4.39. The van der Waals surface area contributed by atoms with Gasteiger partial charge >= 0.3 is 0 Å². The molecule has 0 fully saturated rings. The molecule has 3 amide bonds. The lowest BCUT2D eigenvalue weighted by atomic mass is 10.1. The summed E-state index contributed by atoms with van der Waals surface area (Å²) in [5.41, 5.74) is 1.32. The second-order valence-corrected chi connectivity index (χ2v) is 7.70. The van der Waals surface area contributed by atoms with Crippen LogP contribution in [0.3, 0.4) is 0 Å². The fraction of sp³-hybridized carbons (Fsp3) is 0.250. The topological polar surface area (TPSA) is 91.8 Å². The fourth-order valence-electron chi connectivity index (χ4n) is 3.07. The molecular formula is C20H22N2O5S. The zero-order valence-corrected chi connectivity index (χ0v) is 15.7. The Morgan fingerprint density at radius 1 is 0.714 bits per heavy atom. The predicted octanol–water partition coefficient (Wildman–Crippen LogP) is 2.79. The molecular weight excluding hydrogens is 380 g/mol. The zero-order chi connectivity index (χ0) is 19.8. The van der Waals surface area contributed by atoms with Gasteiger partial charge in [0.2, 0.25) is 0 Å². The summed E-state index contributed by atoms with van der Waals surface area (Å²) in [6, 6.07) is 13.2. The molecule has 8 heteroatoms. The molecule has 2 aliphatic rings. The number of hydrogen-bond acceptors (Lipinski definition) is 5. The second-order valence-electron chi connectivity index (χ2n) is 5.87. The summed E-state index contributed by atoms with van der Waals surface area (Å²) in [6.07, 6.45) is 0. The van der Waals surface area contributed by atoms with Gasteiger partial charge in [0.1, 0.15) is 4.90 Å². The molecule has 0 saturated carbocycles. The van der Waals surface area contributed by atoms with Gasteiger partial charge in [-0.2, -0.15) is 0 Å². The largest absolute Gasteiger partial charge is 0.275 e. The number of carbonyl (C=O) groups excluding carboxylic acids is 3. The lowest BCUT2D eigenvalue weighted by molar-refractivity contribution is 0.0662. The molecule has 0 atom stereocenters. The Bertz CT molecular complexity index is 1010. The molecule has 0 unspecified atom stereocenters. The van der Waals surface area contributed by atoms with E-state index in [2.05, 4.69) is 0 Å². The molecule has 4 rings (SSSR count). The average Bonchev–Trinajstić information content (AvgIpc) is 3.04. The second kappa shape index (κ2) is 7.93. The van der Waals surface area contributed by atoms with Gasteiger partial charge in [0.05, 0.1) is 16.7 Å². The monoisotopic (exact) mass is 402 g/mol. The van der Waals surface area contributed by atoms with Crippen molar-refractivity contribution < 1.29 is 22.8 Å². The van der Waals surface area contributed by atoms with E-state index in [4.69, 9.17) is 0 Å². The Morgan fingerprint density at radius 3 is 1.61 bits per heavy atom. The van der Waals surface area contributed by atoms with Gasteiger partial charge in [0.15, 0.2) is 0 Å². The van der Waals surface area contributed by atoms with Gasteiger partial charge < -0.3 is 0 Å². The molecule has 0 N–H and O–H groups in total. The fourth-order valence-corrected chi connectivity index (χ4v) is 4.65. The maximum atomic E-state index is 11.7. The smallest absolute Gasteiger partial charge is 0.268 e. The van der Waals surface area contributed by atoms with Crippen molar-refractivity contribution in [2.24, 2.45) is 0 Å². The van der Waals surface area contributed by atoms with Gasteiger partial charge in [-0.15, -0.1) is 0 Å². The highest BCUT2D eigenvalue weighted by atomic mass is 32.2. The summed E-state index contributed by atoms with van der Waals surface area (Å²) in [6.45, 7) is 4.05. The highest BCUT2D eigenvalue weighted by Crippen LogP contribution is 2.29. The Kier molecular flexibility index (Phi) is 6.04. The van der Waals surface area contributed by atoms with Crippen LogP contribution in [-0.4, -0.2) is 48.4 Å². The van der Waals surface area contributed by atoms with Crippen molar-refractivity contribution >= 4 is 27.7 Å². The summed E-state index contributed by atoms with van der Waals surface area (Å²) in [5, 5.41) is 0. The van der Waals surface area contributed by atoms with E-state index in [-0.39, 0.29) is 36.2 Å². The minimum atomic E-state index is -3.56. The van der Waals surface area contributed by atoms with Crippen molar-refractivity contribution in [2.75, 3.05) is 13.1 Å². The molecule has 0 aromatic heterocycles. The first-order valence-electron chi connectivity index (χ1n) is 8.45. The molecule has 7 nitrogen and oxygen atoms in total. The Morgan fingerprint density at radius 2 is 1.18 bits per heavy atom. The Hall–Kier alpha value is -3.00. The van der Waals surface area contributed by atoms with E-state index in [1.54, 1.807) is 50.2 Å². The van der Waals surface area contributed by atoms with Crippen LogP contribution in [0.1, 0.15) is 52.3 Å². The van der Waals surface area contributed by atoms with E-state index in [9.17, 15) is 22.8 Å². The first-order chi connectivity index (χ1) is 12.8. The van der Waals surface area contributed by atoms with Gasteiger partial charge in [-0.05, 0) is 38.1 Å². The van der Waals surface area contributed by atoms with Crippen molar-refractivity contribution in [1.82, 2.24) is 9.21 Å². The number of fused-ring (bicyclic) bond motifs is 2. The maximum absolute atomic E-state index is 11.7. The average molecular weight is 402 g/mol. The van der Waals surface area contributed by atoms with Crippen LogP contribution in [-0.2, 0) is 10.0 Å². The SMILES string of the molecule is C.CCN1C(=O)c2ccccc2C1=O.CCN1C(=O)c2ccccc2S1(=O)=O. The van der Waals surface area contributed by atoms with Gasteiger partial charge in [-0.3, -0.25) is 19.3 Å². The van der Waals surface area contributed by atoms with Crippen LogP contribution < -0.4 is 0 Å². The van der Waals surface area contributed by atoms with Crippen molar-refractivity contribution in [3.8, 4) is 0 Å². The Balaban J connectivity index is 0.000000194. The standard InChI is InChI=1S/C10H9NO2.C9H9NO3S.CH4/c1-2-11-9(12)7-5-3-4-6-8(7)10(11)13;1-2-10-9(11)7-5-3-4-6-8(7)14(10,12)13;/h3-6H,2H2,1H3;3-6H,2H2,1H3;1H4. The van der Waals surface area contributed by atoms with Crippen LogP contribution >= 0.6 is 0 Å². The molecule has 2 aliphatic heterocycles. The molecule has 2 heterocycles. The maximum Gasteiger partial charge on any atom is 0.268 e. The summed E-state index contributed by atoms with van der Waals surface area (Å²) >= 11 is 0. The summed E-state index contributed by atoms with van der Waals surface area (Å²) in [7, 11) is -3.56. The van der Waals surface area contributed by atoms with E-state index in [1.165, 1.54) is 17.0 Å². The normalized spacial score (nSPS) is 16.1. The molecule has 0 radical (unpaired) electrons. The number of sulfonamides is 1. The van der Waals surface area contributed by atoms with Crippen molar-refractivity contribution in [3.05, 3.63) is 65.2 Å². The molecule has 0 spiro atoms. The van der Waals surface area contributed by atoms with Crippen LogP contribution in [0, 0.1) is 0 Å². The van der Waals surface area contributed by atoms with E-state index in [0.29, 0.717) is 17.7 Å². The van der Waals surface area contributed by atoms with Crippen molar-refractivity contribution in [2.45, 2.75) is 26.2 Å². The Labute approximate surface area is 164 Å². The van der Waals surface area contributed by atoms with E-state index in [0.717, 1.165) is 4.31 Å². The number of hydrogen-bond donors (Lipinski definition) is 0. The number of amides is 3. The van der Waals surface area contributed by atoms with Crippen LogP contribution in [0.4, 0.5) is 0 Å². The summed E-state index contributed by atoms with van der Waals surface area (Å²) in [5.74, 6) is -0.783. The lowest BCUT2D eigenvalue weighted by Crippen LogP contribution is -2.29. The number of carbonyl (C=O) groups is 3. The first-order valence-corrected chi connectivity index (χ1v) is 9.89. The molecule has 0 saturated heterocycles. The van der Waals surface area contributed by atoms with Crippen LogP contribution in [0.25, 0.3) is 0 Å². The van der Waals surface area contributed by atoms with Gasteiger partial charge in [0.25, 0.3) is 27.7 Å². The number of rotatable bonds is 2. The third-order valence-corrected chi connectivity index (χ3v) is 6.31. The zero-order valence-electron chi connectivity index (χ0n) is 14.9. The quantitative estimate of drug-likeness (QED) is 0.721. The van der Waals surface area contributed by atoms with Crippen LogP contribution in [0.5, 0.6) is 0 Å². The number of nitrogens with zero attached hydrogens (tertiary/aromatic N) is 2.